The van der Waals surface area contributed by atoms with Gasteiger partial charge in [0.25, 0.3) is 0 Å². The molecule has 1 aliphatic carbocycles. The minimum Gasteiger partial charge on any atom is -0.496 e. The van der Waals surface area contributed by atoms with Gasteiger partial charge in [0.15, 0.2) is 0 Å². The van der Waals surface area contributed by atoms with E-state index in [-0.39, 0.29) is 5.82 Å². The molecule has 1 aromatic carbocycles. The van der Waals surface area contributed by atoms with Gasteiger partial charge in [-0.2, -0.15) is 0 Å². The Hall–Kier alpha value is -1.35. The number of rotatable bonds is 2. The van der Waals surface area contributed by atoms with Crippen molar-refractivity contribution in [2.75, 3.05) is 7.11 Å². The van der Waals surface area contributed by atoms with Gasteiger partial charge in [-0.05, 0) is 37.5 Å². The molecule has 3 heteroatoms. The highest BCUT2D eigenvalue weighted by Gasteiger charge is 2.31. The summed E-state index contributed by atoms with van der Waals surface area (Å²) in [7, 11) is 1.52. The predicted octanol–water partition coefficient (Wildman–Crippen LogP) is 2.76. The molecule has 0 amide bonds. The molecule has 16 heavy (non-hydrogen) atoms. The van der Waals surface area contributed by atoms with E-state index in [9.17, 15) is 9.50 Å². The van der Waals surface area contributed by atoms with Crippen molar-refractivity contribution in [2.24, 2.45) is 0 Å². The van der Waals surface area contributed by atoms with E-state index < -0.39 is 5.60 Å². The largest absolute Gasteiger partial charge is 0.496 e. The van der Waals surface area contributed by atoms with E-state index >= 15 is 0 Å². The van der Waals surface area contributed by atoms with Gasteiger partial charge < -0.3 is 9.84 Å². The van der Waals surface area contributed by atoms with Crippen LogP contribution in [0.1, 0.15) is 24.8 Å². The minimum absolute atomic E-state index is 0.358. The van der Waals surface area contributed by atoms with Crippen molar-refractivity contribution in [3.63, 3.8) is 0 Å². The van der Waals surface area contributed by atoms with Crippen molar-refractivity contribution < 1.29 is 14.2 Å². The average Bonchev–Trinajstić information content (AvgIpc) is 2.30. The van der Waals surface area contributed by atoms with Crippen LogP contribution < -0.4 is 4.74 Å². The van der Waals surface area contributed by atoms with Gasteiger partial charge in [0, 0.05) is 5.56 Å². The summed E-state index contributed by atoms with van der Waals surface area (Å²) < 4.78 is 18.4. The third kappa shape index (κ3) is 1.95. The number of benzene rings is 1. The Labute approximate surface area is 94.4 Å². The molecule has 0 saturated heterocycles. The number of ether oxygens (including phenoxy) is 1. The smallest absolute Gasteiger partial charge is 0.125 e. The third-order valence-corrected chi connectivity index (χ3v) is 2.95. The van der Waals surface area contributed by atoms with Gasteiger partial charge in [-0.1, -0.05) is 12.2 Å². The van der Waals surface area contributed by atoms with Crippen LogP contribution in [0.4, 0.5) is 4.39 Å². The normalized spacial score (nSPS) is 24.4. The van der Waals surface area contributed by atoms with Crippen LogP contribution in [0.25, 0.3) is 0 Å². The Morgan fingerprint density at radius 1 is 1.44 bits per heavy atom. The van der Waals surface area contributed by atoms with Crippen LogP contribution in [-0.2, 0) is 5.60 Å². The fourth-order valence-electron chi connectivity index (χ4n) is 2.09. The van der Waals surface area contributed by atoms with Crippen molar-refractivity contribution in [1.29, 1.82) is 0 Å². The summed E-state index contributed by atoms with van der Waals surface area (Å²) in [6.07, 6.45) is 6.11. The maximum absolute atomic E-state index is 13.2. The number of allylic oxidation sites excluding steroid dienone is 1. The van der Waals surface area contributed by atoms with Gasteiger partial charge >= 0.3 is 0 Å². The predicted molar refractivity (Wildman–Crippen MR) is 59.8 cm³/mol. The zero-order chi connectivity index (χ0) is 11.6. The fraction of sp³-hybridized carbons (Fsp3) is 0.385. The molecule has 1 aliphatic rings. The topological polar surface area (TPSA) is 29.5 Å². The second kappa shape index (κ2) is 4.26. The molecule has 1 unspecified atom stereocenters. The summed E-state index contributed by atoms with van der Waals surface area (Å²) >= 11 is 0. The molecule has 0 heterocycles. The molecular formula is C13H15FO2. The van der Waals surface area contributed by atoms with Crippen LogP contribution in [0.5, 0.6) is 5.75 Å². The lowest BCUT2D eigenvalue weighted by molar-refractivity contribution is 0.0695. The van der Waals surface area contributed by atoms with Gasteiger partial charge in [-0.15, -0.1) is 0 Å². The molecule has 1 N–H and O–H groups in total. The molecule has 0 aliphatic heterocycles. The lowest BCUT2D eigenvalue weighted by Crippen LogP contribution is -2.25. The first-order chi connectivity index (χ1) is 7.65. The van der Waals surface area contributed by atoms with E-state index in [1.807, 2.05) is 6.08 Å². The van der Waals surface area contributed by atoms with E-state index in [1.165, 1.54) is 19.2 Å². The van der Waals surface area contributed by atoms with Gasteiger partial charge in [0.2, 0.25) is 0 Å². The number of aliphatic hydroxyl groups is 1. The SMILES string of the molecule is COc1ccc(F)cc1C1(O)C=CCCC1. The van der Waals surface area contributed by atoms with Crippen molar-refractivity contribution in [3.8, 4) is 5.75 Å². The Morgan fingerprint density at radius 3 is 2.88 bits per heavy atom. The molecule has 1 aromatic rings. The minimum atomic E-state index is -1.09. The number of methoxy groups -OCH3 is 1. The Kier molecular flexibility index (Phi) is 2.97. The summed E-state index contributed by atoms with van der Waals surface area (Å²) in [5, 5.41) is 10.4. The molecular weight excluding hydrogens is 207 g/mol. The Bertz CT molecular complexity index is 414. The van der Waals surface area contributed by atoms with E-state index in [1.54, 1.807) is 12.1 Å². The molecule has 0 radical (unpaired) electrons. The standard InChI is InChI=1S/C13H15FO2/c1-16-12-6-5-10(14)9-11(12)13(15)7-3-2-4-8-13/h3,5-7,9,15H,2,4,8H2,1H3. The van der Waals surface area contributed by atoms with Crippen molar-refractivity contribution in [1.82, 2.24) is 0 Å². The van der Waals surface area contributed by atoms with Crippen LogP contribution in [0.15, 0.2) is 30.4 Å². The summed E-state index contributed by atoms with van der Waals surface area (Å²) in [6, 6.07) is 4.22. The second-order valence-electron chi connectivity index (χ2n) is 4.06. The first-order valence-corrected chi connectivity index (χ1v) is 5.40. The van der Waals surface area contributed by atoms with Gasteiger partial charge in [-0.25, -0.2) is 4.39 Å². The Morgan fingerprint density at radius 2 is 2.25 bits per heavy atom. The summed E-state index contributed by atoms with van der Waals surface area (Å²) in [5.74, 6) is 0.165. The molecule has 0 fully saturated rings. The van der Waals surface area contributed by atoms with E-state index in [0.29, 0.717) is 17.7 Å². The van der Waals surface area contributed by atoms with E-state index in [2.05, 4.69) is 0 Å². The van der Waals surface area contributed by atoms with Crippen LogP contribution in [-0.4, -0.2) is 12.2 Å². The number of halogens is 1. The molecule has 0 aromatic heterocycles. The maximum atomic E-state index is 13.2. The van der Waals surface area contributed by atoms with Crippen LogP contribution in [0, 0.1) is 5.82 Å². The number of hydrogen-bond acceptors (Lipinski definition) is 2. The average molecular weight is 222 g/mol. The lowest BCUT2D eigenvalue weighted by atomic mass is 9.84. The second-order valence-corrected chi connectivity index (χ2v) is 4.06. The van der Waals surface area contributed by atoms with Crippen molar-refractivity contribution in [2.45, 2.75) is 24.9 Å². The highest BCUT2D eigenvalue weighted by Crippen LogP contribution is 2.37. The molecule has 2 nitrogen and oxygen atoms in total. The van der Waals surface area contributed by atoms with Crippen molar-refractivity contribution in [3.05, 3.63) is 41.7 Å². The molecule has 2 rings (SSSR count). The zero-order valence-corrected chi connectivity index (χ0v) is 9.24. The molecule has 86 valence electrons. The Balaban J connectivity index is 2.48. The first kappa shape index (κ1) is 11.1. The van der Waals surface area contributed by atoms with Crippen molar-refractivity contribution >= 4 is 0 Å². The van der Waals surface area contributed by atoms with E-state index in [4.69, 9.17) is 4.74 Å². The molecule has 0 saturated carbocycles. The highest BCUT2D eigenvalue weighted by molar-refractivity contribution is 5.41. The van der Waals surface area contributed by atoms with Gasteiger partial charge in [-0.3, -0.25) is 0 Å². The fourth-order valence-corrected chi connectivity index (χ4v) is 2.09. The number of hydrogen-bond donors (Lipinski definition) is 1. The monoisotopic (exact) mass is 222 g/mol. The molecule has 0 bridgehead atoms. The van der Waals surface area contributed by atoms with E-state index in [0.717, 1.165) is 12.8 Å². The zero-order valence-electron chi connectivity index (χ0n) is 9.24. The molecule has 0 spiro atoms. The van der Waals surface area contributed by atoms with Crippen LogP contribution in [0.2, 0.25) is 0 Å². The van der Waals surface area contributed by atoms with Gasteiger partial charge in [0.05, 0.1) is 7.11 Å². The summed E-state index contributed by atoms with van der Waals surface area (Å²) in [6.45, 7) is 0. The highest BCUT2D eigenvalue weighted by atomic mass is 19.1. The quantitative estimate of drug-likeness (QED) is 0.780. The maximum Gasteiger partial charge on any atom is 0.125 e. The first-order valence-electron chi connectivity index (χ1n) is 5.40. The van der Waals surface area contributed by atoms with Crippen LogP contribution >= 0.6 is 0 Å². The summed E-state index contributed by atoms with van der Waals surface area (Å²) in [5.41, 5.74) is -0.586. The lowest BCUT2D eigenvalue weighted by Gasteiger charge is -2.29. The molecule has 1 atom stereocenters. The summed E-state index contributed by atoms with van der Waals surface area (Å²) in [4.78, 5) is 0. The van der Waals surface area contributed by atoms with Gasteiger partial charge in [0.1, 0.15) is 17.2 Å². The third-order valence-electron chi connectivity index (χ3n) is 2.95. The van der Waals surface area contributed by atoms with Crippen LogP contribution in [0.3, 0.4) is 0 Å².